The van der Waals surface area contributed by atoms with E-state index in [1.807, 2.05) is 0 Å². The van der Waals surface area contributed by atoms with Crippen LogP contribution in [0.15, 0.2) is 0 Å². The minimum Gasteiger partial charge on any atom is -0.395 e. The van der Waals surface area contributed by atoms with E-state index in [2.05, 4.69) is 10.2 Å². The van der Waals surface area contributed by atoms with Gasteiger partial charge in [0, 0.05) is 45.3 Å². The Kier molecular flexibility index (Phi) is 4.97. The standard InChI is InChI=1S/C11H23N3O3S/c15-10-11-2-1-5-14(11)18(16,17)9-8-13-6-3-12-4-7-13/h11-12,15H,1-10H2. The molecule has 0 radical (unpaired) electrons. The molecule has 0 aromatic heterocycles. The summed E-state index contributed by atoms with van der Waals surface area (Å²) in [7, 11) is -3.21. The second-order valence-corrected chi connectivity index (χ2v) is 7.04. The zero-order chi connectivity index (χ0) is 13.0. The van der Waals surface area contributed by atoms with Gasteiger partial charge in [0.05, 0.1) is 12.4 Å². The molecule has 0 amide bonds. The van der Waals surface area contributed by atoms with E-state index in [-0.39, 0.29) is 18.4 Å². The van der Waals surface area contributed by atoms with Gasteiger partial charge in [-0.2, -0.15) is 4.31 Å². The van der Waals surface area contributed by atoms with Crippen LogP contribution in [0.5, 0.6) is 0 Å². The zero-order valence-corrected chi connectivity index (χ0v) is 11.5. The van der Waals surface area contributed by atoms with Gasteiger partial charge in [-0.15, -0.1) is 0 Å². The van der Waals surface area contributed by atoms with Crippen molar-refractivity contribution in [1.82, 2.24) is 14.5 Å². The van der Waals surface area contributed by atoms with Crippen LogP contribution in [0.1, 0.15) is 12.8 Å². The molecule has 2 aliphatic heterocycles. The maximum Gasteiger partial charge on any atom is 0.215 e. The molecule has 1 unspecified atom stereocenters. The maximum absolute atomic E-state index is 12.2. The van der Waals surface area contributed by atoms with Crippen LogP contribution >= 0.6 is 0 Å². The van der Waals surface area contributed by atoms with Crippen LogP contribution < -0.4 is 5.32 Å². The molecule has 18 heavy (non-hydrogen) atoms. The summed E-state index contributed by atoms with van der Waals surface area (Å²) in [5, 5.41) is 12.4. The van der Waals surface area contributed by atoms with Crippen molar-refractivity contribution < 1.29 is 13.5 Å². The predicted molar refractivity (Wildman–Crippen MR) is 69.9 cm³/mol. The summed E-state index contributed by atoms with van der Waals surface area (Å²) in [5.74, 6) is 0.170. The highest BCUT2D eigenvalue weighted by Gasteiger charge is 2.33. The average molecular weight is 277 g/mol. The Balaban J connectivity index is 1.86. The fourth-order valence-electron chi connectivity index (χ4n) is 2.65. The monoisotopic (exact) mass is 277 g/mol. The molecule has 6 nitrogen and oxygen atoms in total. The van der Waals surface area contributed by atoms with Gasteiger partial charge in [-0.1, -0.05) is 0 Å². The van der Waals surface area contributed by atoms with Crippen molar-refractivity contribution in [3.05, 3.63) is 0 Å². The summed E-state index contributed by atoms with van der Waals surface area (Å²) in [6.07, 6.45) is 1.64. The molecule has 0 saturated carbocycles. The minimum atomic E-state index is -3.21. The van der Waals surface area contributed by atoms with Crippen molar-refractivity contribution >= 4 is 10.0 Å². The summed E-state index contributed by atoms with van der Waals surface area (Å²) in [6, 6.07) is -0.196. The van der Waals surface area contributed by atoms with Crippen LogP contribution in [0.4, 0.5) is 0 Å². The summed E-state index contributed by atoms with van der Waals surface area (Å²) in [6.45, 7) is 4.80. The highest BCUT2D eigenvalue weighted by molar-refractivity contribution is 7.89. The predicted octanol–water partition coefficient (Wildman–Crippen LogP) is -1.32. The first-order valence-corrected chi connectivity index (χ1v) is 8.28. The van der Waals surface area contributed by atoms with Crippen molar-refractivity contribution in [2.75, 3.05) is 51.6 Å². The Hall–Kier alpha value is -0.210. The van der Waals surface area contributed by atoms with Gasteiger partial charge in [0.2, 0.25) is 10.0 Å². The van der Waals surface area contributed by atoms with Gasteiger partial charge in [0.25, 0.3) is 0 Å². The normalized spacial score (nSPS) is 27.7. The second kappa shape index (κ2) is 6.29. The van der Waals surface area contributed by atoms with Gasteiger partial charge in [0.15, 0.2) is 0 Å². The number of aliphatic hydroxyl groups is 1. The molecule has 106 valence electrons. The van der Waals surface area contributed by atoms with E-state index in [1.165, 1.54) is 4.31 Å². The van der Waals surface area contributed by atoms with Gasteiger partial charge in [-0.05, 0) is 12.8 Å². The number of sulfonamides is 1. The minimum absolute atomic E-state index is 0.0626. The lowest BCUT2D eigenvalue weighted by atomic mass is 10.2. The van der Waals surface area contributed by atoms with Gasteiger partial charge in [0.1, 0.15) is 0 Å². The Morgan fingerprint density at radius 1 is 1.22 bits per heavy atom. The molecule has 2 aliphatic rings. The van der Waals surface area contributed by atoms with Crippen molar-refractivity contribution in [2.45, 2.75) is 18.9 Å². The SMILES string of the molecule is O=S(=O)(CCN1CCNCC1)N1CCCC1CO. The number of rotatable bonds is 5. The molecule has 2 saturated heterocycles. The molecule has 0 aliphatic carbocycles. The second-order valence-electron chi connectivity index (χ2n) is 5.00. The number of piperazine rings is 1. The number of hydrogen-bond donors (Lipinski definition) is 2. The van der Waals surface area contributed by atoms with Crippen molar-refractivity contribution in [1.29, 1.82) is 0 Å². The van der Waals surface area contributed by atoms with Crippen LogP contribution in [0.3, 0.4) is 0 Å². The smallest absolute Gasteiger partial charge is 0.215 e. The molecule has 2 fully saturated rings. The summed E-state index contributed by atoms with van der Waals surface area (Å²) in [5.41, 5.74) is 0. The van der Waals surface area contributed by atoms with E-state index < -0.39 is 10.0 Å². The lowest BCUT2D eigenvalue weighted by Crippen LogP contribution is -2.47. The fraction of sp³-hybridized carbons (Fsp3) is 1.00. The first-order valence-electron chi connectivity index (χ1n) is 6.67. The number of nitrogens with one attached hydrogen (secondary N) is 1. The molecular weight excluding hydrogens is 254 g/mol. The number of hydrogen-bond acceptors (Lipinski definition) is 5. The zero-order valence-electron chi connectivity index (χ0n) is 10.7. The van der Waals surface area contributed by atoms with Crippen molar-refractivity contribution in [3.63, 3.8) is 0 Å². The van der Waals surface area contributed by atoms with Gasteiger partial charge in [-0.3, -0.25) is 4.90 Å². The Labute approximate surface area is 109 Å². The largest absolute Gasteiger partial charge is 0.395 e. The molecule has 2 N–H and O–H groups in total. The average Bonchev–Trinajstić information content (AvgIpc) is 2.87. The van der Waals surface area contributed by atoms with Crippen LogP contribution in [-0.2, 0) is 10.0 Å². The summed E-state index contributed by atoms with van der Waals surface area (Å²) >= 11 is 0. The highest BCUT2D eigenvalue weighted by atomic mass is 32.2. The fourth-order valence-corrected chi connectivity index (χ4v) is 4.41. The topological polar surface area (TPSA) is 72.9 Å². The van der Waals surface area contributed by atoms with Crippen LogP contribution in [0.2, 0.25) is 0 Å². The van der Waals surface area contributed by atoms with Gasteiger partial charge in [-0.25, -0.2) is 8.42 Å². The third-order valence-corrected chi connectivity index (χ3v) is 5.66. The first kappa shape index (κ1) is 14.2. The van der Waals surface area contributed by atoms with Crippen LogP contribution in [-0.4, -0.2) is 80.4 Å². The lowest BCUT2D eigenvalue weighted by Gasteiger charge is -2.28. The van der Waals surface area contributed by atoms with E-state index in [0.29, 0.717) is 13.1 Å². The quantitative estimate of drug-likeness (QED) is 0.652. The Morgan fingerprint density at radius 3 is 2.61 bits per heavy atom. The van der Waals surface area contributed by atoms with E-state index in [4.69, 9.17) is 0 Å². The maximum atomic E-state index is 12.2. The number of nitrogens with zero attached hydrogens (tertiary/aromatic N) is 2. The van der Waals surface area contributed by atoms with E-state index in [9.17, 15) is 13.5 Å². The summed E-state index contributed by atoms with van der Waals surface area (Å²) < 4.78 is 25.9. The lowest BCUT2D eigenvalue weighted by molar-refractivity contribution is 0.212. The first-order chi connectivity index (χ1) is 8.63. The molecule has 2 rings (SSSR count). The Morgan fingerprint density at radius 2 is 1.94 bits per heavy atom. The van der Waals surface area contributed by atoms with Crippen LogP contribution in [0.25, 0.3) is 0 Å². The van der Waals surface area contributed by atoms with E-state index in [1.54, 1.807) is 0 Å². The van der Waals surface area contributed by atoms with E-state index in [0.717, 1.165) is 39.0 Å². The van der Waals surface area contributed by atoms with Crippen LogP contribution in [0, 0.1) is 0 Å². The summed E-state index contributed by atoms with van der Waals surface area (Å²) in [4.78, 5) is 2.18. The molecule has 7 heteroatoms. The molecular formula is C11H23N3O3S. The Bertz CT molecular complexity index is 355. The van der Waals surface area contributed by atoms with Gasteiger partial charge < -0.3 is 10.4 Å². The molecule has 0 spiro atoms. The molecule has 0 aromatic carbocycles. The highest BCUT2D eigenvalue weighted by Crippen LogP contribution is 2.20. The van der Waals surface area contributed by atoms with Crippen molar-refractivity contribution in [3.8, 4) is 0 Å². The molecule has 0 bridgehead atoms. The van der Waals surface area contributed by atoms with E-state index >= 15 is 0 Å². The van der Waals surface area contributed by atoms with Crippen molar-refractivity contribution in [2.24, 2.45) is 0 Å². The van der Waals surface area contributed by atoms with Gasteiger partial charge >= 0.3 is 0 Å². The number of aliphatic hydroxyl groups excluding tert-OH is 1. The third-order valence-electron chi connectivity index (χ3n) is 3.77. The third kappa shape index (κ3) is 3.42. The molecule has 0 aromatic rings. The molecule has 1 atom stereocenters. The molecule has 2 heterocycles.